The van der Waals surface area contributed by atoms with Gasteiger partial charge in [0, 0.05) is 24.8 Å². The lowest BCUT2D eigenvalue weighted by Crippen LogP contribution is -2.26. The van der Waals surface area contributed by atoms with Crippen LogP contribution in [0.4, 0.5) is 5.69 Å². The van der Waals surface area contributed by atoms with Crippen LogP contribution in [0.5, 0.6) is 11.5 Å². The Kier molecular flexibility index (Phi) is 3.55. The molecule has 2 heterocycles. The fourth-order valence-corrected chi connectivity index (χ4v) is 2.25. The number of amides is 1. The number of benzene rings is 1. The highest BCUT2D eigenvalue weighted by Gasteiger charge is 2.23. The largest absolute Gasteiger partial charge is 0.490 e. The number of carbonyl (C=O) groups is 1. The van der Waals surface area contributed by atoms with Gasteiger partial charge in [0.25, 0.3) is 5.91 Å². The summed E-state index contributed by atoms with van der Waals surface area (Å²) in [6.45, 7) is 1.96. The summed E-state index contributed by atoms with van der Waals surface area (Å²) in [6, 6.07) is 5.44. The highest BCUT2D eigenvalue weighted by molar-refractivity contribution is 5.94. The van der Waals surface area contributed by atoms with Crippen molar-refractivity contribution >= 4 is 11.6 Å². The zero-order valence-corrected chi connectivity index (χ0v) is 10.7. The summed E-state index contributed by atoms with van der Waals surface area (Å²) in [5, 5.41) is 2.85. The van der Waals surface area contributed by atoms with Crippen LogP contribution in [0.25, 0.3) is 0 Å². The van der Waals surface area contributed by atoms with Gasteiger partial charge in [-0.2, -0.15) is 0 Å². The quantitative estimate of drug-likeness (QED) is 0.886. The van der Waals surface area contributed by atoms with E-state index in [0.29, 0.717) is 31.3 Å². The number of fused-ring (bicyclic) bond motifs is 1. The van der Waals surface area contributed by atoms with Crippen LogP contribution in [0.2, 0.25) is 0 Å². The molecule has 5 heteroatoms. The van der Waals surface area contributed by atoms with Crippen molar-refractivity contribution in [3.05, 3.63) is 18.2 Å². The van der Waals surface area contributed by atoms with Gasteiger partial charge in [0.15, 0.2) is 11.5 Å². The third-order valence-corrected chi connectivity index (χ3v) is 3.24. The monoisotopic (exact) mass is 263 g/mol. The van der Waals surface area contributed by atoms with Crippen LogP contribution in [-0.2, 0) is 9.53 Å². The number of nitrogens with one attached hydrogen (secondary N) is 1. The SMILES string of the molecule is O=C(Nc1ccc2c(c1)OCCCO2)[C@H]1CCCO1. The molecule has 1 amide bonds. The molecule has 2 aliphatic rings. The molecule has 2 aliphatic heterocycles. The van der Waals surface area contributed by atoms with Crippen molar-refractivity contribution in [1.29, 1.82) is 0 Å². The maximum Gasteiger partial charge on any atom is 0.253 e. The van der Waals surface area contributed by atoms with Gasteiger partial charge in [-0.1, -0.05) is 0 Å². The van der Waals surface area contributed by atoms with Gasteiger partial charge in [0.2, 0.25) is 0 Å². The molecule has 1 aromatic rings. The second kappa shape index (κ2) is 5.48. The van der Waals surface area contributed by atoms with Crippen LogP contribution >= 0.6 is 0 Å². The van der Waals surface area contributed by atoms with Gasteiger partial charge in [-0.15, -0.1) is 0 Å². The molecular weight excluding hydrogens is 246 g/mol. The Morgan fingerprint density at radius 3 is 2.74 bits per heavy atom. The number of ether oxygens (including phenoxy) is 3. The minimum absolute atomic E-state index is 0.0907. The van der Waals surface area contributed by atoms with Crippen LogP contribution in [-0.4, -0.2) is 31.8 Å². The molecular formula is C14H17NO4. The first-order valence-electron chi connectivity index (χ1n) is 6.65. The molecule has 102 valence electrons. The second-order valence-corrected chi connectivity index (χ2v) is 4.70. The lowest BCUT2D eigenvalue weighted by molar-refractivity contribution is -0.124. The molecule has 19 heavy (non-hydrogen) atoms. The minimum atomic E-state index is -0.323. The molecule has 1 saturated heterocycles. The van der Waals surface area contributed by atoms with Gasteiger partial charge in [0.05, 0.1) is 13.2 Å². The lowest BCUT2D eigenvalue weighted by atomic mass is 10.2. The van der Waals surface area contributed by atoms with Gasteiger partial charge in [-0.25, -0.2) is 0 Å². The smallest absolute Gasteiger partial charge is 0.253 e. The summed E-state index contributed by atoms with van der Waals surface area (Å²) in [4.78, 5) is 11.9. The summed E-state index contributed by atoms with van der Waals surface area (Å²) in [7, 11) is 0. The fraction of sp³-hybridized carbons (Fsp3) is 0.500. The first-order chi connectivity index (χ1) is 9.33. The normalized spacial score (nSPS) is 21.8. The van der Waals surface area contributed by atoms with E-state index in [4.69, 9.17) is 14.2 Å². The number of rotatable bonds is 2. The molecule has 1 N–H and O–H groups in total. The van der Waals surface area contributed by atoms with Gasteiger partial charge in [-0.3, -0.25) is 4.79 Å². The molecule has 0 bridgehead atoms. The first-order valence-corrected chi connectivity index (χ1v) is 6.65. The van der Waals surface area contributed by atoms with Crippen molar-refractivity contribution < 1.29 is 19.0 Å². The van der Waals surface area contributed by atoms with E-state index in [0.717, 1.165) is 25.0 Å². The van der Waals surface area contributed by atoms with Crippen LogP contribution in [0.1, 0.15) is 19.3 Å². The average molecular weight is 263 g/mol. The predicted octanol–water partition coefficient (Wildman–Crippen LogP) is 1.97. The topological polar surface area (TPSA) is 56.8 Å². The summed E-state index contributed by atoms with van der Waals surface area (Å²) in [5.41, 5.74) is 0.713. The summed E-state index contributed by atoms with van der Waals surface area (Å²) in [5.74, 6) is 1.32. The average Bonchev–Trinajstić information content (AvgIpc) is 2.85. The van der Waals surface area contributed by atoms with Crippen molar-refractivity contribution in [2.24, 2.45) is 0 Å². The molecule has 5 nitrogen and oxygen atoms in total. The molecule has 0 spiro atoms. The van der Waals surface area contributed by atoms with Gasteiger partial charge < -0.3 is 19.5 Å². The molecule has 1 fully saturated rings. The minimum Gasteiger partial charge on any atom is -0.490 e. The second-order valence-electron chi connectivity index (χ2n) is 4.70. The van der Waals surface area contributed by atoms with Crippen LogP contribution in [0.3, 0.4) is 0 Å². The predicted molar refractivity (Wildman–Crippen MR) is 69.7 cm³/mol. The van der Waals surface area contributed by atoms with Gasteiger partial charge in [-0.05, 0) is 25.0 Å². The zero-order valence-electron chi connectivity index (χ0n) is 10.7. The van der Waals surface area contributed by atoms with E-state index in [2.05, 4.69) is 5.32 Å². The zero-order chi connectivity index (χ0) is 13.1. The van der Waals surface area contributed by atoms with E-state index in [1.807, 2.05) is 12.1 Å². The third kappa shape index (κ3) is 2.81. The molecule has 0 aromatic heterocycles. The highest BCUT2D eigenvalue weighted by Crippen LogP contribution is 2.32. The van der Waals surface area contributed by atoms with E-state index in [1.165, 1.54) is 0 Å². The Hall–Kier alpha value is -1.75. The van der Waals surface area contributed by atoms with Crippen molar-refractivity contribution in [1.82, 2.24) is 0 Å². The Morgan fingerprint density at radius 1 is 1.11 bits per heavy atom. The Balaban J connectivity index is 1.71. The summed E-state index contributed by atoms with van der Waals surface area (Å²) < 4.78 is 16.5. The number of hydrogen-bond acceptors (Lipinski definition) is 4. The lowest BCUT2D eigenvalue weighted by Gasteiger charge is -2.12. The van der Waals surface area contributed by atoms with Crippen molar-refractivity contribution in [2.75, 3.05) is 25.1 Å². The molecule has 0 unspecified atom stereocenters. The molecule has 0 aliphatic carbocycles. The maximum absolute atomic E-state index is 11.9. The first kappa shape index (κ1) is 12.3. The van der Waals surface area contributed by atoms with E-state index < -0.39 is 0 Å². The van der Waals surface area contributed by atoms with Crippen LogP contribution in [0, 0.1) is 0 Å². The molecule has 1 aromatic carbocycles. The Labute approximate surface area is 111 Å². The van der Waals surface area contributed by atoms with Crippen molar-refractivity contribution in [3.8, 4) is 11.5 Å². The van der Waals surface area contributed by atoms with Gasteiger partial charge >= 0.3 is 0 Å². The van der Waals surface area contributed by atoms with E-state index in [1.54, 1.807) is 6.07 Å². The molecule has 3 rings (SSSR count). The van der Waals surface area contributed by atoms with E-state index >= 15 is 0 Å². The van der Waals surface area contributed by atoms with E-state index in [9.17, 15) is 4.79 Å². The van der Waals surface area contributed by atoms with Crippen LogP contribution < -0.4 is 14.8 Å². The van der Waals surface area contributed by atoms with Crippen LogP contribution in [0.15, 0.2) is 18.2 Å². The maximum atomic E-state index is 11.9. The van der Waals surface area contributed by atoms with E-state index in [-0.39, 0.29) is 12.0 Å². The molecule has 1 atom stereocenters. The summed E-state index contributed by atoms with van der Waals surface area (Å²) >= 11 is 0. The van der Waals surface area contributed by atoms with Crippen molar-refractivity contribution in [3.63, 3.8) is 0 Å². The highest BCUT2D eigenvalue weighted by atomic mass is 16.5. The third-order valence-electron chi connectivity index (χ3n) is 3.24. The Bertz CT molecular complexity index is 469. The number of carbonyl (C=O) groups excluding carboxylic acids is 1. The standard InChI is InChI=1S/C14H17NO4/c16-14(12-3-1-6-18-12)15-10-4-5-11-13(9-10)19-8-2-7-17-11/h4-5,9,12H,1-3,6-8H2,(H,15,16)/t12-/m1/s1. The summed E-state index contributed by atoms with van der Waals surface area (Å²) in [6.07, 6.45) is 2.28. The molecule has 0 radical (unpaired) electrons. The number of hydrogen-bond donors (Lipinski definition) is 1. The Morgan fingerprint density at radius 2 is 1.95 bits per heavy atom. The molecule has 0 saturated carbocycles. The van der Waals surface area contributed by atoms with Gasteiger partial charge in [0.1, 0.15) is 6.10 Å². The number of anilines is 1. The van der Waals surface area contributed by atoms with Crippen molar-refractivity contribution in [2.45, 2.75) is 25.4 Å². The fourth-order valence-electron chi connectivity index (χ4n) is 2.25.